The minimum atomic E-state index is -1.07. The molecular formula is C17H16ClNO3. The third-order valence-corrected chi connectivity index (χ3v) is 3.58. The lowest BCUT2D eigenvalue weighted by molar-refractivity contribution is -0.139. The van der Waals surface area contributed by atoms with E-state index in [1.165, 1.54) is 0 Å². The molecule has 4 nitrogen and oxygen atoms in total. The smallest absolute Gasteiger partial charge is 0.326 e. The van der Waals surface area contributed by atoms with Gasteiger partial charge < -0.3 is 10.4 Å². The molecule has 0 aliphatic carbocycles. The number of carboxylic acid groups (broad SMARTS) is 1. The van der Waals surface area contributed by atoms with Crippen molar-refractivity contribution in [3.63, 3.8) is 0 Å². The predicted octanol–water partition coefficient (Wildman–Crippen LogP) is 2.85. The summed E-state index contributed by atoms with van der Waals surface area (Å²) in [5.41, 5.74) is 1.92. The summed E-state index contributed by atoms with van der Waals surface area (Å²) >= 11 is 5.81. The number of aliphatic carboxylic acids is 1. The molecule has 0 aliphatic rings. The van der Waals surface area contributed by atoms with Crippen LogP contribution in [-0.2, 0) is 17.1 Å². The number of alkyl halides is 1. The fourth-order valence-electron chi connectivity index (χ4n) is 2.14. The van der Waals surface area contributed by atoms with E-state index in [4.69, 9.17) is 11.6 Å². The molecule has 2 aromatic carbocycles. The molecule has 5 heteroatoms. The summed E-state index contributed by atoms with van der Waals surface area (Å²) in [6.07, 6.45) is 0.227. The molecule has 0 aliphatic heterocycles. The van der Waals surface area contributed by atoms with Crippen LogP contribution in [0.3, 0.4) is 0 Å². The van der Waals surface area contributed by atoms with Crippen LogP contribution in [0.25, 0.3) is 0 Å². The molecule has 0 saturated heterocycles. The maximum Gasteiger partial charge on any atom is 0.326 e. The monoisotopic (exact) mass is 317 g/mol. The van der Waals surface area contributed by atoms with E-state index in [0.717, 1.165) is 5.56 Å². The van der Waals surface area contributed by atoms with Crippen LogP contribution in [0.2, 0.25) is 0 Å². The average molecular weight is 318 g/mol. The Balaban J connectivity index is 2.14. The molecule has 0 bridgehead atoms. The Kier molecular flexibility index (Phi) is 5.55. The third kappa shape index (κ3) is 4.09. The van der Waals surface area contributed by atoms with Gasteiger partial charge in [-0.15, -0.1) is 11.6 Å². The number of hydrogen-bond acceptors (Lipinski definition) is 2. The zero-order valence-electron chi connectivity index (χ0n) is 11.8. The van der Waals surface area contributed by atoms with Crippen molar-refractivity contribution >= 4 is 23.5 Å². The Morgan fingerprint density at radius 1 is 1.05 bits per heavy atom. The zero-order chi connectivity index (χ0) is 15.9. The van der Waals surface area contributed by atoms with Gasteiger partial charge in [0.05, 0.1) is 0 Å². The molecular weight excluding hydrogens is 302 g/mol. The Labute approximate surface area is 133 Å². The highest BCUT2D eigenvalue weighted by Crippen LogP contribution is 2.12. The van der Waals surface area contributed by atoms with Gasteiger partial charge in [-0.3, -0.25) is 4.79 Å². The molecule has 0 aromatic heterocycles. The standard InChI is InChI=1S/C17H16ClNO3/c18-11-13-8-4-5-9-14(13)16(20)19-15(17(21)22)10-12-6-2-1-3-7-12/h1-9,15H,10-11H2,(H,19,20)(H,21,22)/t15-/m0/s1. The molecule has 0 fully saturated rings. The maximum absolute atomic E-state index is 12.3. The molecule has 1 atom stereocenters. The second-order valence-electron chi connectivity index (χ2n) is 4.84. The lowest BCUT2D eigenvalue weighted by atomic mass is 10.0. The van der Waals surface area contributed by atoms with Crippen LogP contribution in [0.4, 0.5) is 0 Å². The zero-order valence-corrected chi connectivity index (χ0v) is 12.6. The van der Waals surface area contributed by atoms with Crippen LogP contribution in [0, 0.1) is 0 Å². The third-order valence-electron chi connectivity index (χ3n) is 3.29. The number of carbonyl (C=O) groups is 2. The molecule has 0 radical (unpaired) electrons. The summed E-state index contributed by atoms with van der Waals surface area (Å²) in [6, 6.07) is 15.1. The number of halogens is 1. The van der Waals surface area contributed by atoms with Crippen molar-refractivity contribution in [3.05, 3.63) is 71.3 Å². The van der Waals surface area contributed by atoms with Crippen molar-refractivity contribution < 1.29 is 14.7 Å². The van der Waals surface area contributed by atoms with Crippen molar-refractivity contribution in [2.75, 3.05) is 0 Å². The van der Waals surface area contributed by atoms with Crippen molar-refractivity contribution in [2.45, 2.75) is 18.3 Å². The summed E-state index contributed by atoms with van der Waals surface area (Å²) in [4.78, 5) is 23.7. The number of hydrogen-bond donors (Lipinski definition) is 2. The molecule has 0 saturated carbocycles. The van der Waals surface area contributed by atoms with Gasteiger partial charge in [0, 0.05) is 17.9 Å². The van der Waals surface area contributed by atoms with Crippen molar-refractivity contribution in [1.29, 1.82) is 0 Å². The number of carboxylic acids is 1. The van der Waals surface area contributed by atoms with Crippen LogP contribution in [0.1, 0.15) is 21.5 Å². The molecule has 22 heavy (non-hydrogen) atoms. The summed E-state index contributed by atoms with van der Waals surface area (Å²) in [6.45, 7) is 0. The second-order valence-corrected chi connectivity index (χ2v) is 5.11. The lowest BCUT2D eigenvalue weighted by Crippen LogP contribution is -2.42. The van der Waals surface area contributed by atoms with Gasteiger partial charge in [-0.05, 0) is 17.2 Å². The minimum absolute atomic E-state index is 0.194. The van der Waals surface area contributed by atoms with E-state index >= 15 is 0 Å². The SMILES string of the molecule is O=C(N[C@@H](Cc1ccccc1)C(=O)O)c1ccccc1CCl. The summed E-state index contributed by atoms with van der Waals surface area (Å²) < 4.78 is 0. The normalized spacial score (nSPS) is 11.7. The first kappa shape index (κ1) is 16.0. The van der Waals surface area contributed by atoms with Gasteiger partial charge in [0.1, 0.15) is 6.04 Å². The highest BCUT2D eigenvalue weighted by molar-refractivity contribution is 6.17. The van der Waals surface area contributed by atoms with E-state index in [2.05, 4.69) is 5.32 Å². The number of nitrogens with one attached hydrogen (secondary N) is 1. The average Bonchev–Trinajstić information content (AvgIpc) is 2.55. The fraction of sp³-hybridized carbons (Fsp3) is 0.176. The maximum atomic E-state index is 12.3. The van der Waals surface area contributed by atoms with Crippen molar-refractivity contribution in [3.8, 4) is 0 Å². The van der Waals surface area contributed by atoms with Crippen LogP contribution in [0.5, 0.6) is 0 Å². The molecule has 2 rings (SSSR count). The predicted molar refractivity (Wildman–Crippen MR) is 85.0 cm³/mol. The van der Waals surface area contributed by atoms with Gasteiger partial charge in [-0.25, -0.2) is 4.79 Å². The molecule has 1 amide bonds. The van der Waals surface area contributed by atoms with Crippen LogP contribution in [0.15, 0.2) is 54.6 Å². The van der Waals surface area contributed by atoms with E-state index in [9.17, 15) is 14.7 Å². The van der Waals surface area contributed by atoms with Crippen LogP contribution < -0.4 is 5.32 Å². The van der Waals surface area contributed by atoms with Crippen molar-refractivity contribution in [2.24, 2.45) is 0 Å². The summed E-state index contributed by atoms with van der Waals surface area (Å²) in [5, 5.41) is 11.9. The summed E-state index contributed by atoms with van der Waals surface area (Å²) in [5.74, 6) is -1.31. The van der Waals surface area contributed by atoms with Gasteiger partial charge in [0.2, 0.25) is 0 Å². The van der Waals surface area contributed by atoms with Gasteiger partial charge in [-0.2, -0.15) is 0 Å². The van der Waals surface area contributed by atoms with Gasteiger partial charge >= 0.3 is 5.97 Å². The highest BCUT2D eigenvalue weighted by atomic mass is 35.5. The first-order valence-corrected chi connectivity index (χ1v) is 7.36. The number of carbonyl (C=O) groups excluding carboxylic acids is 1. The molecule has 2 N–H and O–H groups in total. The number of benzene rings is 2. The minimum Gasteiger partial charge on any atom is -0.480 e. The Morgan fingerprint density at radius 3 is 2.32 bits per heavy atom. The highest BCUT2D eigenvalue weighted by Gasteiger charge is 2.22. The summed E-state index contributed by atoms with van der Waals surface area (Å²) in [7, 11) is 0. The van der Waals surface area contributed by atoms with E-state index in [1.807, 2.05) is 30.3 Å². The molecule has 114 valence electrons. The first-order chi connectivity index (χ1) is 10.6. The van der Waals surface area contributed by atoms with Gasteiger partial charge in [0.25, 0.3) is 5.91 Å². The molecule has 0 unspecified atom stereocenters. The van der Waals surface area contributed by atoms with Gasteiger partial charge in [0.15, 0.2) is 0 Å². The number of rotatable bonds is 6. The topological polar surface area (TPSA) is 66.4 Å². The molecule has 2 aromatic rings. The van der Waals surface area contributed by atoms with Crippen molar-refractivity contribution in [1.82, 2.24) is 5.32 Å². The number of amides is 1. The fourth-order valence-corrected chi connectivity index (χ4v) is 2.38. The van der Waals surface area contributed by atoms with Gasteiger partial charge in [-0.1, -0.05) is 48.5 Å². The largest absolute Gasteiger partial charge is 0.480 e. The van der Waals surface area contributed by atoms with Crippen LogP contribution >= 0.6 is 11.6 Å². The Morgan fingerprint density at radius 2 is 1.68 bits per heavy atom. The quantitative estimate of drug-likeness (QED) is 0.805. The Bertz CT molecular complexity index is 658. The molecule has 0 spiro atoms. The second kappa shape index (κ2) is 7.61. The van der Waals surface area contributed by atoms with E-state index in [0.29, 0.717) is 11.1 Å². The van der Waals surface area contributed by atoms with E-state index < -0.39 is 17.9 Å². The van der Waals surface area contributed by atoms with Crippen LogP contribution in [-0.4, -0.2) is 23.0 Å². The first-order valence-electron chi connectivity index (χ1n) is 6.83. The van der Waals surface area contributed by atoms with E-state index in [1.54, 1.807) is 24.3 Å². The molecule has 0 heterocycles. The van der Waals surface area contributed by atoms with E-state index in [-0.39, 0.29) is 12.3 Å². The lowest BCUT2D eigenvalue weighted by Gasteiger charge is -2.15. The Hall–Kier alpha value is -2.33.